The van der Waals surface area contributed by atoms with Gasteiger partial charge in [-0.3, -0.25) is 9.89 Å². The van der Waals surface area contributed by atoms with Crippen LogP contribution >= 0.6 is 0 Å². The van der Waals surface area contributed by atoms with Crippen LogP contribution in [0.2, 0.25) is 0 Å². The number of amides is 1. The first-order valence-corrected chi connectivity index (χ1v) is 5.37. The fourth-order valence-corrected chi connectivity index (χ4v) is 1.71. The van der Waals surface area contributed by atoms with Gasteiger partial charge in [0.1, 0.15) is 5.82 Å². The van der Waals surface area contributed by atoms with Gasteiger partial charge in [0.2, 0.25) is 0 Å². The highest BCUT2D eigenvalue weighted by Crippen LogP contribution is 2.19. The molecule has 0 saturated carbocycles. The third-order valence-electron chi connectivity index (χ3n) is 2.59. The zero-order chi connectivity index (χ0) is 13.3. The number of carbonyl (C=O) groups excluding carboxylic acids is 1. The maximum atomic E-state index is 13.5. The molecule has 0 radical (unpaired) electrons. The largest absolute Gasteiger partial charge is 0.399 e. The fraction of sp³-hybridized carbons (Fsp3) is 0.167. The second-order valence-corrected chi connectivity index (χ2v) is 4.00. The normalized spacial score (nSPS) is 10.4. The minimum atomic E-state index is -0.531. The molecule has 1 aromatic carbocycles. The van der Waals surface area contributed by atoms with Crippen molar-refractivity contribution in [3.05, 3.63) is 41.0 Å². The molecule has 0 fully saturated rings. The zero-order valence-electron chi connectivity index (χ0n) is 10.0. The lowest BCUT2D eigenvalue weighted by Crippen LogP contribution is -2.14. The number of aryl methyl sites for hydroxylation is 2. The summed E-state index contributed by atoms with van der Waals surface area (Å²) in [5.74, 6) is -0.945. The molecule has 0 atom stereocenters. The van der Waals surface area contributed by atoms with E-state index in [0.29, 0.717) is 22.6 Å². The molecule has 5 nitrogen and oxygen atoms in total. The summed E-state index contributed by atoms with van der Waals surface area (Å²) in [6, 6.07) is 4.01. The smallest absolute Gasteiger partial charge is 0.259 e. The predicted octanol–water partition coefficient (Wildman–Crippen LogP) is 2.00. The van der Waals surface area contributed by atoms with Gasteiger partial charge in [-0.05, 0) is 32.0 Å². The van der Waals surface area contributed by atoms with Crippen LogP contribution in [-0.4, -0.2) is 16.1 Å². The van der Waals surface area contributed by atoms with Crippen LogP contribution in [0.25, 0.3) is 0 Å². The van der Waals surface area contributed by atoms with Crippen LogP contribution in [0.15, 0.2) is 18.2 Å². The van der Waals surface area contributed by atoms with Crippen molar-refractivity contribution in [2.24, 2.45) is 0 Å². The quantitative estimate of drug-likeness (QED) is 0.711. The Morgan fingerprint density at radius 2 is 2.17 bits per heavy atom. The van der Waals surface area contributed by atoms with Crippen LogP contribution in [0.3, 0.4) is 0 Å². The number of rotatable bonds is 2. The van der Waals surface area contributed by atoms with Crippen molar-refractivity contribution < 1.29 is 9.18 Å². The monoisotopic (exact) mass is 248 g/mol. The molecular formula is C12H13FN4O. The summed E-state index contributed by atoms with van der Waals surface area (Å²) < 4.78 is 13.5. The molecule has 2 aromatic rings. The number of anilines is 2. The van der Waals surface area contributed by atoms with Gasteiger partial charge in [0.05, 0.1) is 16.9 Å². The molecule has 1 heterocycles. The molecule has 1 amide bonds. The van der Waals surface area contributed by atoms with Gasteiger partial charge in [-0.2, -0.15) is 5.10 Å². The summed E-state index contributed by atoms with van der Waals surface area (Å²) in [6.07, 6.45) is 0. The average Bonchev–Trinajstić information content (AvgIpc) is 2.63. The van der Waals surface area contributed by atoms with Crippen LogP contribution in [0.1, 0.15) is 21.7 Å². The minimum absolute atomic E-state index is 0.0556. The Kier molecular flexibility index (Phi) is 3.01. The summed E-state index contributed by atoms with van der Waals surface area (Å²) in [5, 5.41) is 9.10. The van der Waals surface area contributed by atoms with Crippen LogP contribution < -0.4 is 11.1 Å². The van der Waals surface area contributed by atoms with Crippen molar-refractivity contribution in [1.29, 1.82) is 0 Å². The number of nitrogens with one attached hydrogen (secondary N) is 2. The van der Waals surface area contributed by atoms with E-state index < -0.39 is 11.7 Å². The van der Waals surface area contributed by atoms with Gasteiger partial charge in [-0.25, -0.2) is 4.39 Å². The highest BCUT2D eigenvalue weighted by Gasteiger charge is 2.16. The molecule has 94 valence electrons. The highest BCUT2D eigenvalue weighted by atomic mass is 19.1. The van der Waals surface area contributed by atoms with E-state index in [1.54, 1.807) is 13.8 Å². The molecule has 0 unspecified atom stereocenters. The van der Waals surface area contributed by atoms with Gasteiger partial charge in [-0.1, -0.05) is 0 Å². The van der Waals surface area contributed by atoms with Crippen LogP contribution in [0.5, 0.6) is 0 Å². The number of benzene rings is 1. The van der Waals surface area contributed by atoms with Crippen molar-refractivity contribution in [2.75, 3.05) is 11.1 Å². The molecule has 18 heavy (non-hydrogen) atoms. The maximum Gasteiger partial charge on any atom is 0.259 e. The third-order valence-corrected chi connectivity index (χ3v) is 2.59. The number of nitrogens with zero attached hydrogens (tertiary/aromatic N) is 1. The Morgan fingerprint density at radius 3 is 2.78 bits per heavy atom. The van der Waals surface area contributed by atoms with Gasteiger partial charge in [0.15, 0.2) is 0 Å². The zero-order valence-corrected chi connectivity index (χ0v) is 10.0. The van der Waals surface area contributed by atoms with Gasteiger partial charge in [0.25, 0.3) is 5.91 Å². The van der Waals surface area contributed by atoms with E-state index in [-0.39, 0.29) is 5.69 Å². The lowest BCUT2D eigenvalue weighted by molar-refractivity contribution is 0.102. The van der Waals surface area contributed by atoms with E-state index >= 15 is 0 Å². The Morgan fingerprint density at radius 1 is 1.44 bits per heavy atom. The second kappa shape index (κ2) is 4.48. The first-order chi connectivity index (χ1) is 8.49. The van der Waals surface area contributed by atoms with Crippen LogP contribution in [0.4, 0.5) is 15.8 Å². The van der Waals surface area contributed by atoms with Crippen molar-refractivity contribution in [3.63, 3.8) is 0 Å². The summed E-state index contributed by atoms with van der Waals surface area (Å²) >= 11 is 0. The molecular weight excluding hydrogens is 235 g/mol. The molecule has 0 aliphatic heterocycles. The Labute approximate surface area is 103 Å². The van der Waals surface area contributed by atoms with Crippen molar-refractivity contribution in [1.82, 2.24) is 10.2 Å². The van der Waals surface area contributed by atoms with Gasteiger partial charge < -0.3 is 11.1 Å². The van der Waals surface area contributed by atoms with Gasteiger partial charge in [0, 0.05) is 11.4 Å². The molecule has 0 spiro atoms. The number of H-pyrrole nitrogens is 1. The molecule has 0 bridgehead atoms. The number of nitrogen functional groups attached to an aromatic ring is 1. The maximum absolute atomic E-state index is 13.5. The molecule has 2 rings (SSSR count). The van der Waals surface area contributed by atoms with E-state index in [1.165, 1.54) is 18.2 Å². The van der Waals surface area contributed by atoms with Gasteiger partial charge in [-0.15, -0.1) is 0 Å². The summed E-state index contributed by atoms with van der Waals surface area (Å²) in [4.78, 5) is 12.0. The second-order valence-electron chi connectivity index (χ2n) is 4.00. The SMILES string of the molecule is Cc1n[nH]c(C)c1C(=O)Nc1cc(N)ccc1F. The van der Waals surface area contributed by atoms with Crippen LogP contribution in [0, 0.1) is 19.7 Å². The van der Waals surface area contributed by atoms with E-state index in [0.717, 1.165) is 0 Å². The number of aromatic nitrogens is 2. The summed E-state index contributed by atoms with van der Waals surface area (Å²) in [7, 11) is 0. The predicted molar refractivity (Wildman–Crippen MR) is 66.8 cm³/mol. The minimum Gasteiger partial charge on any atom is -0.399 e. The first kappa shape index (κ1) is 12.1. The topological polar surface area (TPSA) is 83.8 Å². The standard InChI is InChI=1S/C12H13FN4O/c1-6-11(7(2)17-16-6)12(18)15-10-5-8(14)3-4-9(10)13/h3-5H,14H2,1-2H3,(H,15,18)(H,16,17). The van der Waals surface area contributed by atoms with Gasteiger partial charge >= 0.3 is 0 Å². The Hall–Kier alpha value is -2.37. The lowest BCUT2D eigenvalue weighted by Gasteiger charge is -2.07. The van der Waals surface area contributed by atoms with E-state index in [4.69, 9.17) is 5.73 Å². The van der Waals surface area contributed by atoms with E-state index in [1.807, 2.05) is 0 Å². The molecule has 1 aromatic heterocycles. The third kappa shape index (κ3) is 2.17. The van der Waals surface area contributed by atoms with Crippen molar-refractivity contribution >= 4 is 17.3 Å². The lowest BCUT2D eigenvalue weighted by atomic mass is 10.2. The Bertz CT molecular complexity index is 587. The fourth-order valence-electron chi connectivity index (χ4n) is 1.71. The van der Waals surface area contributed by atoms with E-state index in [9.17, 15) is 9.18 Å². The number of halogens is 1. The van der Waals surface area contributed by atoms with E-state index in [2.05, 4.69) is 15.5 Å². The number of nitrogens with two attached hydrogens (primary N) is 1. The highest BCUT2D eigenvalue weighted by molar-refractivity contribution is 6.06. The number of hydrogen-bond donors (Lipinski definition) is 3. The number of carbonyl (C=O) groups is 1. The average molecular weight is 248 g/mol. The molecule has 6 heteroatoms. The number of aromatic amines is 1. The summed E-state index contributed by atoms with van der Waals surface area (Å²) in [6.45, 7) is 3.43. The van der Waals surface area contributed by atoms with Crippen LogP contribution in [-0.2, 0) is 0 Å². The molecule has 0 aliphatic rings. The Balaban J connectivity index is 2.30. The molecule has 0 saturated heterocycles. The summed E-state index contributed by atoms with van der Waals surface area (Å²) in [5.41, 5.74) is 7.59. The molecule has 4 N–H and O–H groups in total. The van der Waals surface area contributed by atoms with Crippen molar-refractivity contribution in [2.45, 2.75) is 13.8 Å². The first-order valence-electron chi connectivity index (χ1n) is 5.37. The molecule has 0 aliphatic carbocycles. The number of hydrogen-bond acceptors (Lipinski definition) is 3. The van der Waals surface area contributed by atoms with Crippen molar-refractivity contribution in [3.8, 4) is 0 Å².